The molecule has 12 heavy (non-hydrogen) atoms. The number of alkyl halides is 1. The summed E-state index contributed by atoms with van der Waals surface area (Å²) in [7, 11) is 0. The van der Waals surface area contributed by atoms with Crippen LogP contribution in [0.2, 0.25) is 5.02 Å². The lowest BCUT2D eigenvalue weighted by molar-refractivity contribution is 0.0998. The maximum absolute atomic E-state index is 11.4. The SMILES string of the molecule is CC(I)C(=O)c1ccc(Cl)cc1. The summed E-state index contributed by atoms with van der Waals surface area (Å²) in [6, 6.07) is 6.96. The third-order valence-corrected chi connectivity index (χ3v) is 2.31. The van der Waals surface area contributed by atoms with E-state index in [-0.39, 0.29) is 9.71 Å². The minimum Gasteiger partial charge on any atom is -0.293 e. The van der Waals surface area contributed by atoms with Crippen molar-refractivity contribution in [3.63, 3.8) is 0 Å². The third-order valence-electron chi connectivity index (χ3n) is 1.49. The predicted octanol–water partition coefficient (Wildman–Crippen LogP) is 3.35. The highest BCUT2D eigenvalue weighted by Gasteiger charge is 2.10. The minimum absolute atomic E-state index is 0.0174. The molecule has 1 aromatic rings. The maximum Gasteiger partial charge on any atom is 0.175 e. The van der Waals surface area contributed by atoms with Crippen LogP contribution in [0, 0.1) is 0 Å². The van der Waals surface area contributed by atoms with Gasteiger partial charge in [0.1, 0.15) is 0 Å². The average molecular weight is 295 g/mol. The van der Waals surface area contributed by atoms with Gasteiger partial charge in [-0.2, -0.15) is 0 Å². The first-order chi connectivity index (χ1) is 5.61. The zero-order valence-corrected chi connectivity index (χ0v) is 9.46. The first kappa shape index (κ1) is 9.99. The van der Waals surface area contributed by atoms with Gasteiger partial charge >= 0.3 is 0 Å². The van der Waals surface area contributed by atoms with Crippen molar-refractivity contribution >= 4 is 40.0 Å². The van der Waals surface area contributed by atoms with Crippen molar-refractivity contribution in [1.82, 2.24) is 0 Å². The Bertz CT molecular complexity index is 279. The van der Waals surface area contributed by atoms with Crippen molar-refractivity contribution < 1.29 is 4.79 Å². The fourth-order valence-corrected chi connectivity index (χ4v) is 1.33. The third kappa shape index (κ3) is 2.45. The second-order valence-electron chi connectivity index (χ2n) is 2.49. The van der Waals surface area contributed by atoms with E-state index >= 15 is 0 Å². The molecule has 0 aliphatic carbocycles. The number of rotatable bonds is 2. The molecule has 0 aromatic heterocycles. The fraction of sp³-hybridized carbons (Fsp3) is 0.222. The highest BCUT2D eigenvalue weighted by atomic mass is 127. The standard InChI is InChI=1S/C9H8ClIO/c1-6(11)9(12)7-2-4-8(10)5-3-7/h2-6H,1H3. The zero-order chi connectivity index (χ0) is 9.14. The van der Waals surface area contributed by atoms with E-state index in [0.717, 1.165) is 5.56 Å². The molecule has 1 atom stereocenters. The molecule has 0 aliphatic heterocycles. The summed E-state index contributed by atoms with van der Waals surface area (Å²) in [5.41, 5.74) is 0.723. The molecule has 1 unspecified atom stereocenters. The van der Waals surface area contributed by atoms with E-state index in [4.69, 9.17) is 11.6 Å². The molecular weight excluding hydrogens is 286 g/mol. The highest BCUT2D eigenvalue weighted by Crippen LogP contribution is 2.13. The Morgan fingerprint density at radius 3 is 2.33 bits per heavy atom. The Labute approximate surface area is 90.3 Å². The van der Waals surface area contributed by atoms with Crippen LogP contribution in [0.1, 0.15) is 17.3 Å². The van der Waals surface area contributed by atoms with E-state index in [9.17, 15) is 4.79 Å². The first-order valence-electron chi connectivity index (χ1n) is 3.55. The van der Waals surface area contributed by atoms with Crippen LogP contribution in [0.3, 0.4) is 0 Å². The number of benzene rings is 1. The van der Waals surface area contributed by atoms with Crippen molar-refractivity contribution in [3.05, 3.63) is 34.9 Å². The van der Waals surface area contributed by atoms with Gasteiger partial charge < -0.3 is 0 Å². The number of Topliss-reactive ketones (excluding diaryl/α,β-unsaturated/α-hetero) is 1. The molecule has 0 amide bonds. The molecule has 0 fully saturated rings. The molecule has 3 heteroatoms. The smallest absolute Gasteiger partial charge is 0.175 e. The summed E-state index contributed by atoms with van der Waals surface area (Å²) >= 11 is 7.78. The van der Waals surface area contributed by atoms with Crippen molar-refractivity contribution in [3.8, 4) is 0 Å². The highest BCUT2D eigenvalue weighted by molar-refractivity contribution is 14.1. The lowest BCUT2D eigenvalue weighted by atomic mass is 10.1. The summed E-state index contributed by atoms with van der Waals surface area (Å²) in [6.07, 6.45) is 0. The molecule has 0 heterocycles. The molecule has 0 N–H and O–H groups in total. The van der Waals surface area contributed by atoms with Crippen LogP contribution >= 0.6 is 34.2 Å². The molecule has 0 aliphatic rings. The Kier molecular flexibility index (Phi) is 3.53. The Morgan fingerprint density at radius 2 is 1.92 bits per heavy atom. The van der Waals surface area contributed by atoms with Gasteiger partial charge in [0, 0.05) is 10.6 Å². The molecular formula is C9H8ClIO. The number of hydrogen-bond donors (Lipinski definition) is 0. The van der Waals surface area contributed by atoms with Gasteiger partial charge in [-0.05, 0) is 31.2 Å². The van der Waals surface area contributed by atoms with Gasteiger partial charge in [0.15, 0.2) is 5.78 Å². The van der Waals surface area contributed by atoms with Crippen LogP contribution in [0.4, 0.5) is 0 Å². The molecule has 0 spiro atoms. The van der Waals surface area contributed by atoms with Crippen LogP contribution in [-0.2, 0) is 0 Å². The molecule has 0 bridgehead atoms. The number of carbonyl (C=O) groups excluding carboxylic acids is 1. The second kappa shape index (κ2) is 4.23. The van der Waals surface area contributed by atoms with Gasteiger partial charge in [-0.3, -0.25) is 4.79 Å². The minimum atomic E-state index is 0.0174. The van der Waals surface area contributed by atoms with Crippen LogP contribution in [0.15, 0.2) is 24.3 Å². The summed E-state index contributed by atoms with van der Waals surface area (Å²) < 4.78 is 0.0174. The fourth-order valence-electron chi connectivity index (χ4n) is 0.844. The molecule has 0 saturated carbocycles. The van der Waals surface area contributed by atoms with Crippen LogP contribution in [0.25, 0.3) is 0 Å². The summed E-state index contributed by atoms with van der Waals surface area (Å²) in [6.45, 7) is 1.87. The Balaban J connectivity index is 2.90. The van der Waals surface area contributed by atoms with Gasteiger partial charge in [0.2, 0.25) is 0 Å². The van der Waals surface area contributed by atoms with Gasteiger partial charge in [0.25, 0.3) is 0 Å². The van der Waals surface area contributed by atoms with Crippen molar-refractivity contribution in [1.29, 1.82) is 0 Å². The lowest BCUT2D eigenvalue weighted by Gasteiger charge is -2.01. The summed E-state index contributed by atoms with van der Waals surface area (Å²) in [5, 5.41) is 0.660. The molecule has 1 rings (SSSR count). The van der Waals surface area contributed by atoms with E-state index < -0.39 is 0 Å². The van der Waals surface area contributed by atoms with Crippen molar-refractivity contribution in [2.75, 3.05) is 0 Å². The van der Waals surface area contributed by atoms with Gasteiger partial charge in [-0.15, -0.1) is 0 Å². The zero-order valence-electron chi connectivity index (χ0n) is 6.55. The number of carbonyl (C=O) groups is 1. The molecule has 0 saturated heterocycles. The number of halogens is 2. The van der Waals surface area contributed by atoms with E-state index in [1.165, 1.54) is 0 Å². The van der Waals surface area contributed by atoms with Gasteiger partial charge in [-0.1, -0.05) is 34.2 Å². The van der Waals surface area contributed by atoms with E-state index in [2.05, 4.69) is 22.6 Å². The van der Waals surface area contributed by atoms with Gasteiger partial charge in [-0.25, -0.2) is 0 Å². The predicted molar refractivity (Wildman–Crippen MR) is 59.3 cm³/mol. The lowest BCUT2D eigenvalue weighted by Crippen LogP contribution is -2.09. The molecule has 0 radical (unpaired) electrons. The summed E-state index contributed by atoms with van der Waals surface area (Å²) in [4.78, 5) is 11.4. The number of ketones is 1. The van der Waals surface area contributed by atoms with E-state index in [1.807, 2.05) is 6.92 Å². The Hall–Kier alpha value is -0.0900. The maximum atomic E-state index is 11.4. The van der Waals surface area contributed by atoms with Gasteiger partial charge in [0.05, 0.1) is 3.92 Å². The monoisotopic (exact) mass is 294 g/mol. The first-order valence-corrected chi connectivity index (χ1v) is 5.17. The van der Waals surface area contributed by atoms with Crippen molar-refractivity contribution in [2.45, 2.75) is 10.8 Å². The number of hydrogen-bond acceptors (Lipinski definition) is 1. The van der Waals surface area contributed by atoms with Crippen LogP contribution in [-0.4, -0.2) is 9.71 Å². The second-order valence-corrected chi connectivity index (χ2v) is 4.79. The normalized spacial score (nSPS) is 12.6. The molecule has 64 valence electrons. The topological polar surface area (TPSA) is 17.1 Å². The summed E-state index contributed by atoms with van der Waals surface area (Å²) in [5.74, 6) is 0.146. The van der Waals surface area contributed by atoms with Crippen LogP contribution < -0.4 is 0 Å². The average Bonchev–Trinajstić information content (AvgIpc) is 2.04. The quantitative estimate of drug-likeness (QED) is 0.464. The van der Waals surface area contributed by atoms with Crippen molar-refractivity contribution in [2.24, 2.45) is 0 Å². The van der Waals surface area contributed by atoms with Crippen LogP contribution in [0.5, 0.6) is 0 Å². The van der Waals surface area contributed by atoms with E-state index in [0.29, 0.717) is 5.02 Å². The largest absolute Gasteiger partial charge is 0.293 e. The molecule has 1 aromatic carbocycles. The van der Waals surface area contributed by atoms with E-state index in [1.54, 1.807) is 24.3 Å². The molecule has 1 nitrogen and oxygen atoms in total. The Morgan fingerprint density at radius 1 is 1.42 bits per heavy atom.